The van der Waals surface area contributed by atoms with Crippen molar-refractivity contribution in [2.75, 3.05) is 26.2 Å². The lowest BCUT2D eigenvalue weighted by molar-refractivity contribution is -0.536. The number of ether oxygens (including phenoxy) is 6. The van der Waals surface area contributed by atoms with Crippen molar-refractivity contribution in [2.45, 2.75) is 147 Å². The molecule has 9 aliphatic heterocycles. The Morgan fingerprint density at radius 1 is 0.577 bits per heavy atom. The SMILES string of the molecule is Oc1ccc2c3c1O[C@H]1C45CC[C@@]6(O[C@@H]4O[C@@]47CC[C@@]8(O[C@@H]4O5)[C@H]4Cc5ccc(O)c9c5[C@@]8(CCN4CC4CC4)[C@H]7O9)[C@@H](C2)N(CC2CC2)CC[C@]316. The summed E-state index contributed by atoms with van der Waals surface area (Å²) in [5.74, 6) is 3.24. The van der Waals surface area contributed by atoms with E-state index in [0.29, 0.717) is 11.5 Å². The molecule has 15 aliphatic rings. The molecule has 272 valence electrons. The Morgan fingerprint density at radius 2 is 1.04 bits per heavy atom. The summed E-state index contributed by atoms with van der Waals surface area (Å²) in [5, 5.41) is 22.8. The van der Waals surface area contributed by atoms with E-state index in [4.69, 9.17) is 28.4 Å². The minimum atomic E-state index is -0.904. The molecule has 10 nitrogen and oxygen atoms in total. The lowest BCUT2D eigenvalue weighted by atomic mass is 9.43. The second-order valence-corrected chi connectivity index (χ2v) is 19.5. The quantitative estimate of drug-likeness (QED) is 0.482. The van der Waals surface area contributed by atoms with E-state index < -0.39 is 45.8 Å². The minimum absolute atomic E-state index is 0.203. The van der Waals surface area contributed by atoms with Crippen molar-refractivity contribution in [2.24, 2.45) is 11.8 Å². The number of phenols is 2. The van der Waals surface area contributed by atoms with Crippen LogP contribution in [-0.4, -0.2) is 105 Å². The molecule has 17 rings (SSSR count). The highest BCUT2D eigenvalue weighted by atomic mass is 16.8. The number of hydrogen-bond acceptors (Lipinski definition) is 10. The Bertz CT molecular complexity index is 1910. The highest BCUT2D eigenvalue weighted by Gasteiger charge is 2.89. The smallest absolute Gasteiger partial charge is 0.192 e. The van der Waals surface area contributed by atoms with Crippen LogP contribution in [0.4, 0.5) is 0 Å². The largest absolute Gasteiger partial charge is 0.504 e. The number of phenolic OH excluding ortho intramolecular Hbond substituents is 2. The van der Waals surface area contributed by atoms with Gasteiger partial charge >= 0.3 is 0 Å². The number of benzene rings is 2. The predicted molar refractivity (Wildman–Crippen MR) is 183 cm³/mol. The summed E-state index contributed by atoms with van der Waals surface area (Å²) in [6.07, 6.45) is 10.0. The van der Waals surface area contributed by atoms with Crippen LogP contribution in [0.25, 0.3) is 0 Å². The van der Waals surface area contributed by atoms with Gasteiger partial charge in [-0.25, -0.2) is 0 Å². The van der Waals surface area contributed by atoms with E-state index in [-0.39, 0.29) is 35.8 Å². The summed E-state index contributed by atoms with van der Waals surface area (Å²) < 4.78 is 45.1. The van der Waals surface area contributed by atoms with Crippen LogP contribution in [0.5, 0.6) is 23.0 Å². The van der Waals surface area contributed by atoms with E-state index >= 15 is 0 Å². The molecule has 9 heterocycles. The topological polar surface area (TPSA) is 102 Å². The Kier molecular flexibility index (Phi) is 4.68. The highest BCUT2D eigenvalue weighted by molar-refractivity contribution is 5.66. The third-order valence-corrected chi connectivity index (χ3v) is 17.7. The average molecular weight is 707 g/mol. The molecule has 2 N–H and O–H groups in total. The fourth-order valence-electron chi connectivity index (χ4n) is 15.5. The number of piperidine rings is 2. The van der Waals surface area contributed by atoms with Gasteiger partial charge in [-0.2, -0.15) is 0 Å². The summed E-state index contributed by atoms with van der Waals surface area (Å²) in [6.45, 7) is 4.23. The fraction of sp³-hybridized carbons (Fsp3) is 0.714. The second kappa shape index (κ2) is 8.46. The first-order chi connectivity index (χ1) is 25.4. The van der Waals surface area contributed by atoms with Gasteiger partial charge in [0.05, 0.1) is 10.8 Å². The van der Waals surface area contributed by atoms with Gasteiger partial charge in [0.15, 0.2) is 46.8 Å². The first-order valence-corrected chi connectivity index (χ1v) is 20.6. The average Bonchev–Trinajstić information content (AvgIpc) is 4.07. The van der Waals surface area contributed by atoms with E-state index in [9.17, 15) is 10.2 Å². The third kappa shape index (κ3) is 2.73. The molecule has 10 heteroatoms. The van der Waals surface area contributed by atoms with Gasteiger partial charge in [-0.15, -0.1) is 0 Å². The molecular formula is C42H46N2O8. The maximum Gasteiger partial charge on any atom is 0.192 e. The van der Waals surface area contributed by atoms with Crippen LogP contribution in [0.2, 0.25) is 0 Å². The van der Waals surface area contributed by atoms with Crippen molar-refractivity contribution in [3.05, 3.63) is 46.5 Å². The molecule has 0 amide bonds. The van der Waals surface area contributed by atoms with Crippen LogP contribution >= 0.6 is 0 Å². The molecule has 8 bridgehead atoms. The first kappa shape index (κ1) is 28.8. The summed E-state index contributed by atoms with van der Waals surface area (Å²) in [4.78, 5) is 5.49. The van der Waals surface area contributed by atoms with Crippen molar-refractivity contribution < 1.29 is 38.6 Å². The molecule has 0 radical (unpaired) electrons. The van der Waals surface area contributed by atoms with E-state index in [1.54, 1.807) is 0 Å². The van der Waals surface area contributed by atoms with Crippen LogP contribution in [0.15, 0.2) is 24.3 Å². The maximum atomic E-state index is 11.4. The molecule has 2 aromatic rings. The Labute approximate surface area is 302 Å². The standard InChI is InChI=1S/C42H46N2O8/c45-25-7-5-23-17-27-41-11-9-39(33-37(41,29(23)31(25)47-33)13-15-43(27)19-21-1-2-21)35(51-41)49-40-10-12-42(52-36(40)50-39)28-18-24-6-8-26(46)32-30(24)38(42,34(40)48-32)14-16-44(28)20-22-3-4-22/h5-8,21-22,27-28,33-36,45-46H,1-4,9-20H2/t27-,28-,33-,34-,35+,36+,37+,38+,39-,40?,41-,42-/m1/s1. The number of nitrogens with zero attached hydrogens (tertiary/aromatic N) is 2. The Morgan fingerprint density at radius 3 is 1.48 bits per heavy atom. The summed E-state index contributed by atoms with van der Waals surface area (Å²) in [5.41, 5.74) is 1.20. The molecule has 52 heavy (non-hydrogen) atoms. The summed E-state index contributed by atoms with van der Waals surface area (Å²) in [7, 11) is 0. The van der Waals surface area contributed by atoms with Crippen molar-refractivity contribution in [1.29, 1.82) is 0 Å². The molecule has 11 fully saturated rings. The van der Waals surface area contributed by atoms with Crippen molar-refractivity contribution in [3.8, 4) is 23.0 Å². The fourth-order valence-corrected chi connectivity index (χ4v) is 15.5. The molecule has 2 aromatic carbocycles. The van der Waals surface area contributed by atoms with Gasteiger partial charge < -0.3 is 38.6 Å². The van der Waals surface area contributed by atoms with Crippen molar-refractivity contribution in [1.82, 2.24) is 9.80 Å². The zero-order valence-electron chi connectivity index (χ0n) is 29.5. The van der Waals surface area contributed by atoms with Gasteiger partial charge in [-0.3, -0.25) is 9.80 Å². The summed E-state index contributed by atoms with van der Waals surface area (Å²) >= 11 is 0. The van der Waals surface area contributed by atoms with Crippen LogP contribution in [0, 0.1) is 11.8 Å². The zero-order chi connectivity index (χ0) is 33.8. The number of aromatic hydroxyl groups is 2. The predicted octanol–water partition coefficient (Wildman–Crippen LogP) is 4.18. The van der Waals surface area contributed by atoms with Gasteiger partial charge in [0.25, 0.3) is 0 Å². The van der Waals surface area contributed by atoms with Crippen molar-refractivity contribution >= 4 is 0 Å². The van der Waals surface area contributed by atoms with Gasteiger partial charge in [0, 0.05) is 36.3 Å². The van der Waals surface area contributed by atoms with E-state index in [2.05, 4.69) is 21.9 Å². The van der Waals surface area contributed by atoms with Gasteiger partial charge in [0.2, 0.25) is 0 Å². The van der Waals surface area contributed by atoms with Crippen LogP contribution < -0.4 is 9.47 Å². The highest BCUT2D eigenvalue weighted by Crippen LogP contribution is 2.77. The first-order valence-electron chi connectivity index (χ1n) is 20.6. The van der Waals surface area contributed by atoms with Crippen molar-refractivity contribution in [3.63, 3.8) is 0 Å². The Hall–Kier alpha value is -2.60. The zero-order valence-corrected chi connectivity index (χ0v) is 29.5. The monoisotopic (exact) mass is 706 g/mol. The minimum Gasteiger partial charge on any atom is -0.504 e. The molecule has 12 atom stereocenters. The van der Waals surface area contributed by atoms with Crippen LogP contribution in [0.1, 0.15) is 86.5 Å². The number of hydrogen-bond donors (Lipinski definition) is 2. The van der Waals surface area contributed by atoms with Gasteiger partial charge in [0.1, 0.15) is 23.4 Å². The lowest BCUT2D eigenvalue weighted by Gasteiger charge is -2.78. The van der Waals surface area contributed by atoms with Gasteiger partial charge in [-0.1, -0.05) is 12.1 Å². The summed E-state index contributed by atoms with van der Waals surface area (Å²) in [6, 6.07) is 8.36. The molecule has 4 saturated carbocycles. The number of fused-ring (bicyclic) bond motifs is 2. The molecule has 1 unspecified atom stereocenters. The number of rotatable bonds is 4. The molecule has 6 aliphatic carbocycles. The molecular weight excluding hydrogens is 660 g/mol. The molecule has 6 spiro atoms. The Balaban J connectivity index is 0.909. The maximum absolute atomic E-state index is 11.4. The molecule has 7 saturated heterocycles. The van der Waals surface area contributed by atoms with E-state index in [1.165, 1.54) is 47.9 Å². The van der Waals surface area contributed by atoms with Crippen LogP contribution in [-0.2, 0) is 42.6 Å². The normalized spacial score (nSPS) is 51.6. The van der Waals surface area contributed by atoms with Crippen LogP contribution in [0.3, 0.4) is 0 Å². The second-order valence-electron chi connectivity index (χ2n) is 19.5. The lowest BCUT2D eigenvalue weighted by Crippen LogP contribution is -2.93. The van der Waals surface area contributed by atoms with Gasteiger partial charge in [-0.05, 0) is 125 Å². The number of likely N-dealkylation sites (tertiary alicyclic amines) is 2. The van der Waals surface area contributed by atoms with E-state index in [1.807, 2.05) is 12.1 Å². The molecule has 0 aromatic heterocycles. The third-order valence-electron chi connectivity index (χ3n) is 17.7. The van der Waals surface area contributed by atoms with E-state index in [0.717, 1.165) is 89.4 Å².